The maximum absolute atomic E-state index is 13.4. The Morgan fingerprint density at radius 2 is 1.78 bits per heavy atom. The van der Waals surface area contributed by atoms with Crippen molar-refractivity contribution in [3.63, 3.8) is 0 Å². The molecule has 0 radical (unpaired) electrons. The smallest absolute Gasteiger partial charge is 0.251 e. The fourth-order valence-electron chi connectivity index (χ4n) is 3.48. The molecule has 0 unspecified atom stereocenters. The van der Waals surface area contributed by atoms with Crippen LogP contribution in [0.15, 0.2) is 36.7 Å². The number of aromatic nitrogens is 2. The largest absolute Gasteiger partial charge is 0.338 e. The molecule has 2 aromatic rings. The lowest BCUT2D eigenvalue weighted by molar-refractivity contribution is -0.123. The Bertz CT molecular complexity index is 873. The van der Waals surface area contributed by atoms with Crippen molar-refractivity contribution in [2.75, 3.05) is 36.0 Å². The number of anilines is 2. The minimum atomic E-state index is -0.588. The van der Waals surface area contributed by atoms with Crippen LogP contribution in [0.3, 0.4) is 0 Å². The van der Waals surface area contributed by atoms with E-state index >= 15 is 0 Å². The molecule has 140 valence electrons. The second-order valence-electron chi connectivity index (χ2n) is 6.46. The molecule has 1 atom stereocenters. The number of halogens is 2. The molecule has 0 N–H and O–H groups in total. The number of benzene rings is 1. The molecule has 4 rings (SSSR count). The SMILES string of the molecule is O=C1C[C@@H](N2CCN(c3ncccn3)CC2)C(=O)N1c1ccc(F)c(Cl)c1. The summed E-state index contributed by atoms with van der Waals surface area (Å²) in [6, 6.07) is 5.10. The Hall–Kier alpha value is -2.58. The predicted molar refractivity (Wildman–Crippen MR) is 98.1 cm³/mol. The predicted octanol–water partition coefficient (Wildman–Crippen LogP) is 1.72. The summed E-state index contributed by atoms with van der Waals surface area (Å²) < 4.78 is 13.4. The highest BCUT2D eigenvalue weighted by atomic mass is 35.5. The molecule has 2 saturated heterocycles. The molecule has 1 aromatic heterocycles. The molecular formula is C18H17ClFN5O2. The molecule has 7 nitrogen and oxygen atoms in total. The second kappa shape index (κ2) is 7.21. The van der Waals surface area contributed by atoms with E-state index < -0.39 is 11.9 Å². The van der Waals surface area contributed by atoms with E-state index in [9.17, 15) is 14.0 Å². The normalized spacial score (nSPS) is 21.2. The number of nitrogens with zero attached hydrogens (tertiary/aromatic N) is 5. The van der Waals surface area contributed by atoms with Crippen LogP contribution >= 0.6 is 11.6 Å². The molecule has 2 aliphatic rings. The number of piperazine rings is 1. The third kappa shape index (κ3) is 3.38. The molecule has 1 aromatic carbocycles. The minimum absolute atomic E-state index is 0.107. The summed E-state index contributed by atoms with van der Waals surface area (Å²) in [5, 5.41) is -0.118. The lowest BCUT2D eigenvalue weighted by Gasteiger charge is -2.36. The van der Waals surface area contributed by atoms with Gasteiger partial charge in [0.15, 0.2) is 0 Å². The van der Waals surface area contributed by atoms with Crippen LogP contribution in [0.4, 0.5) is 16.0 Å². The number of hydrogen-bond donors (Lipinski definition) is 0. The first kappa shape index (κ1) is 17.8. The number of carbonyl (C=O) groups is 2. The molecule has 0 saturated carbocycles. The summed E-state index contributed by atoms with van der Waals surface area (Å²) in [7, 11) is 0. The van der Waals surface area contributed by atoms with Gasteiger partial charge in [0.1, 0.15) is 5.82 Å². The molecule has 2 aliphatic heterocycles. The average molecular weight is 390 g/mol. The Kier molecular flexibility index (Phi) is 4.75. The summed E-state index contributed by atoms with van der Waals surface area (Å²) in [6.07, 6.45) is 3.49. The van der Waals surface area contributed by atoms with Crippen LogP contribution in [0.1, 0.15) is 6.42 Å². The van der Waals surface area contributed by atoms with E-state index in [4.69, 9.17) is 11.6 Å². The molecule has 0 spiro atoms. The van der Waals surface area contributed by atoms with Gasteiger partial charge >= 0.3 is 0 Å². The maximum atomic E-state index is 13.4. The zero-order chi connectivity index (χ0) is 19.0. The van der Waals surface area contributed by atoms with Gasteiger partial charge in [0, 0.05) is 38.6 Å². The Balaban J connectivity index is 1.45. The van der Waals surface area contributed by atoms with Gasteiger partial charge in [0.25, 0.3) is 5.91 Å². The first-order valence-corrected chi connectivity index (χ1v) is 9.00. The number of hydrogen-bond acceptors (Lipinski definition) is 6. The van der Waals surface area contributed by atoms with Crippen molar-refractivity contribution >= 4 is 35.1 Å². The number of carbonyl (C=O) groups excluding carboxylic acids is 2. The number of rotatable bonds is 3. The van der Waals surface area contributed by atoms with Gasteiger partial charge < -0.3 is 4.90 Å². The van der Waals surface area contributed by atoms with Crippen molar-refractivity contribution < 1.29 is 14.0 Å². The molecule has 27 heavy (non-hydrogen) atoms. The maximum Gasteiger partial charge on any atom is 0.251 e. The fraction of sp³-hybridized carbons (Fsp3) is 0.333. The molecule has 0 aliphatic carbocycles. The van der Waals surface area contributed by atoms with Gasteiger partial charge in [-0.25, -0.2) is 19.3 Å². The summed E-state index contributed by atoms with van der Waals surface area (Å²) in [5.74, 6) is -0.530. The molecular weight excluding hydrogens is 373 g/mol. The van der Waals surface area contributed by atoms with Crippen molar-refractivity contribution in [1.82, 2.24) is 14.9 Å². The first-order valence-electron chi connectivity index (χ1n) is 8.62. The highest BCUT2D eigenvalue weighted by Gasteiger charge is 2.43. The van der Waals surface area contributed by atoms with Crippen molar-refractivity contribution in [3.05, 3.63) is 47.5 Å². The van der Waals surface area contributed by atoms with Gasteiger partial charge in [-0.2, -0.15) is 0 Å². The van der Waals surface area contributed by atoms with E-state index in [2.05, 4.69) is 14.9 Å². The molecule has 0 bridgehead atoms. The van der Waals surface area contributed by atoms with Gasteiger partial charge in [-0.1, -0.05) is 11.6 Å². The van der Waals surface area contributed by atoms with Crippen LogP contribution in [0.2, 0.25) is 5.02 Å². The lowest BCUT2D eigenvalue weighted by atomic mass is 10.2. The molecule has 2 fully saturated rings. The summed E-state index contributed by atoms with van der Waals surface area (Å²) in [4.78, 5) is 38.9. The van der Waals surface area contributed by atoms with E-state index in [1.165, 1.54) is 12.1 Å². The monoisotopic (exact) mass is 389 g/mol. The van der Waals surface area contributed by atoms with Gasteiger partial charge in [-0.3, -0.25) is 14.5 Å². The topological polar surface area (TPSA) is 69.6 Å². The van der Waals surface area contributed by atoms with Crippen LogP contribution in [0.25, 0.3) is 0 Å². The Labute approximate surface area is 160 Å². The van der Waals surface area contributed by atoms with Crippen molar-refractivity contribution in [3.8, 4) is 0 Å². The number of amides is 2. The van der Waals surface area contributed by atoms with Crippen molar-refractivity contribution in [2.24, 2.45) is 0 Å². The minimum Gasteiger partial charge on any atom is -0.338 e. The summed E-state index contributed by atoms with van der Waals surface area (Å²) in [5.41, 5.74) is 0.301. The first-order chi connectivity index (χ1) is 13.0. The van der Waals surface area contributed by atoms with E-state index in [1.807, 2.05) is 4.90 Å². The number of imide groups is 1. The van der Waals surface area contributed by atoms with Crippen LogP contribution in [0.5, 0.6) is 0 Å². The fourth-order valence-corrected chi connectivity index (χ4v) is 3.66. The summed E-state index contributed by atoms with van der Waals surface area (Å²) >= 11 is 5.79. The Morgan fingerprint density at radius 3 is 2.44 bits per heavy atom. The van der Waals surface area contributed by atoms with Crippen LogP contribution < -0.4 is 9.80 Å². The third-order valence-electron chi connectivity index (χ3n) is 4.87. The van der Waals surface area contributed by atoms with Crippen LogP contribution in [0, 0.1) is 5.82 Å². The average Bonchev–Trinajstić information content (AvgIpc) is 2.99. The molecule has 2 amide bonds. The highest BCUT2D eigenvalue weighted by Crippen LogP contribution is 2.29. The van der Waals surface area contributed by atoms with E-state index in [0.717, 1.165) is 11.0 Å². The summed E-state index contributed by atoms with van der Waals surface area (Å²) in [6.45, 7) is 2.59. The lowest BCUT2D eigenvalue weighted by Crippen LogP contribution is -2.53. The standard InChI is InChI=1S/C18H17ClFN5O2/c19-13-10-12(2-3-14(13)20)25-16(26)11-15(17(25)27)23-6-8-24(9-7-23)18-21-4-1-5-22-18/h1-5,10,15H,6-9,11H2/t15-/m1/s1. The molecule has 3 heterocycles. The molecule has 9 heteroatoms. The Morgan fingerprint density at radius 1 is 1.07 bits per heavy atom. The zero-order valence-electron chi connectivity index (χ0n) is 14.4. The highest BCUT2D eigenvalue weighted by molar-refractivity contribution is 6.31. The van der Waals surface area contributed by atoms with E-state index in [0.29, 0.717) is 37.8 Å². The van der Waals surface area contributed by atoms with Gasteiger partial charge in [0.2, 0.25) is 11.9 Å². The second-order valence-corrected chi connectivity index (χ2v) is 6.86. The third-order valence-corrected chi connectivity index (χ3v) is 5.16. The van der Waals surface area contributed by atoms with Crippen LogP contribution in [-0.2, 0) is 9.59 Å². The quantitative estimate of drug-likeness (QED) is 0.744. The van der Waals surface area contributed by atoms with Gasteiger partial charge in [-0.05, 0) is 24.3 Å². The van der Waals surface area contributed by atoms with Crippen molar-refractivity contribution in [1.29, 1.82) is 0 Å². The van der Waals surface area contributed by atoms with E-state index in [1.54, 1.807) is 18.5 Å². The van der Waals surface area contributed by atoms with Crippen LogP contribution in [-0.4, -0.2) is 58.9 Å². The van der Waals surface area contributed by atoms with Gasteiger partial charge in [-0.15, -0.1) is 0 Å². The van der Waals surface area contributed by atoms with E-state index in [-0.39, 0.29) is 23.3 Å². The zero-order valence-corrected chi connectivity index (χ0v) is 15.1. The van der Waals surface area contributed by atoms with Gasteiger partial charge in [0.05, 0.1) is 23.2 Å². The van der Waals surface area contributed by atoms with Crippen molar-refractivity contribution in [2.45, 2.75) is 12.5 Å².